The number of nitrogens with one attached hydrogen (secondary N) is 1. The largest absolute Gasteiger partial charge is 0.619 e. The average molecular weight is 929 g/mol. The van der Waals surface area contributed by atoms with Crippen LogP contribution in [0.1, 0.15) is 70.4 Å². The highest BCUT2D eigenvalue weighted by molar-refractivity contribution is 6.35. The molecular weight excluding hydrogens is 887 g/mol. The van der Waals surface area contributed by atoms with Crippen LogP contribution < -0.4 is 19.5 Å². The molecule has 3 aromatic carbocycles. The molecule has 1 saturated carbocycles. The molecule has 3 aliphatic heterocycles. The molecule has 1 aliphatic carbocycles. The topological polar surface area (TPSA) is 151 Å². The number of aliphatic carboxylic acids is 1. The Morgan fingerprint density at radius 3 is 2.22 bits per heavy atom. The minimum Gasteiger partial charge on any atom is -0.619 e. The summed E-state index contributed by atoms with van der Waals surface area (Å²) >= 11 is 12.8. The van der Waals surface area contributed by atoms with Gasteiger partial charge in [-0.3, -0.25) is 10.2 Å². The third-order valence-electron chi connectivity index (χ3n) is 10.7. The summed E-state index contributed by atoms with van der Waals surface area (Å²) in [6, 6.07) is 15.7. The number of carboxylic acid groups (broad SMARTS) is 1. The van der Waals surface area contributed by atoms with Crippen LogP contribution in [0.4, 0.5) is 26.3 Å². The first kappa shape index (κ1) is 47.2. The molecule has 4 heterocycles. The van der Waals surface area contributed by atoms with Crippen LogP contribution in [0.5, 0.6) is 11.5 Å². The molecule has 338 valence electrons. The van der Waals surface area contributed by atoms with Crippen molar-refractivity contribution in [2.24, 2.45) is 11.8 Å². The van der Waals surface area contributed by atoms with Crippen molar-refractivity contribution in [3.63, 3.8) is 0 Å². The first-order chi connectivity index (χ1) is 29.9. The molecule has 0 amide bonds. The second-order valence-corrected chi connectivity index (χ2v) is 16.0. The summed E-state index contributed by atoms with van der Waals surface area (Å²) in [4.78, 5) is 38.7. The third-order valence-corrected chi connectivity index (χ3v) is 11.3. The molecule has 3 saturated heterocycles. The molecule has 3 atom stereocenters. The molecule has 2 bridgehead atoms. The molecule has 0 radical (unpaired) electrons. The van der Waals surface area contributed by atoms with E-state index in [1.165, 1.54) is 30.3 Å². The Bertz CT molecular complexity index is 2240. The van der Waals surface area contributed by atoms with E-state index in [0.717, 1.165) is 51.2 Å². The number of ether oxygens (including phenoxy) is 4. The van der Waals surface area contributed by atoms with Crippen molar-refractivity contribution < 1.29 is 69.5 Å². The number of aromatic nitrogens is 1. The summed E-state index contributed by atoms with van der Waals surface area (Å²) in [5.41, 5.74) is 1.56. The molecule has 2 unspecified atom stereocenters. The smallest absolute Gasteiger partial charge is 0.490 e. The molecule has 8 rings (SSSR count). The zero-order valence-corrected chi connectivity index (χ0v) is 34.7. The maximum absolute atomic E-state index is 15.1. The Labute approximate surface area is 367 Å². The van der Waals surface area contributed by atoms with Crippen LogP contribution in [0.25, 0.3) is 0 Å². The van der Waals surface area contributed by atoms with Crippen LogP contribution in [0.3, 0.4) is 0 Å². The predicted molar refractivity (Wildman–Crippen MR) is 214 cm³/mol. The monoisotopic (exact) mass is 927 g/mol. The summed E-state index contributed by atoms with van der Waals surface area (Å²) in [7, 11) is 0. The fraction of sp³-hybridized carbons (Fsp3) is 0.395. The number of halogens is 8. The highest BCUT2D eigenvalue weighted by Crippen LogP contribution is 2.38. The lowest BCUT2D eigenvalue weighted by molar-refractivity contribution is -0.605. The zero-order valence-electron chi connectivity index (χ0n) is 33.2. The quantitative estimate of drug-likeness (QED) is 0.0483. The van der Waals surface area contributed by atoms with Gasteiger partial charge in [-0.25, -0.2) is 18.8 Å². The third kappa shape index (κ3) is 13.1. The van der Waals surface area contributed by atoms with Crippen LogP contribution >= 0.6 is 23.2 Å². The van der Waals surface area contributed by atoms with Crippen LogP contribution in [0.2, 0.25) is 10.0 Å². The number of hydrogen-bond acceptors (Lipinski definition) is 10. The molecule has 4 aliphatic rings. The van der Waals surface area contributed by atoms with Crippen molar-refractivity contribution in [1.29, 1.82) is 0 Å². The van der Waals surface area contributed by atoms with Gasteiger partial charge in [-0.2, -0.15) is 26.7 Å². The summed E-state index contributed by atoms with van der Waals surface area (Å²) in [6.45, 7) is -0.144. The summed E-state index contributed by atoms with van der Waals surface area (Å²) in [6.07, 6.45) is -0.505. The first-order valence-corrected chi connectivity index (χ1v) is 20.5. The lowest BCUT2D eigenvalue weighted by Crippen LogP contribution is -2.52. The maximum Gasteiger partial charge on any atom is 0.490 e. The van der Waals surface area contributed by atoms with E-state index in [0.29, 0.717) is 40.5 Å². The van der Waals surface area contributed by atoms with E-state index >= 15 is 4.39 Å². The van der Waals surface area contributed by atoms with Crippen molar-refractivity contribution in [3.05, 3.63) is 128 Å². The Balaban J connectivity index is 0.000000871. The average Bonchev–Trinajstić information content (AvgIpc) is 4.07. The number of alkyl halides is 5. The number of nitrogens with zero attached hydrogens (tertiary/aromatic N) is 2. The summed E-state index contributed by atoms with van der Waals surface area (Å²) in [5, 5.41) is 22.3. The number of piperidine rings is 3. The van der Waals surface area contributed by atoms with E-state index < -0.39 is 48.7 Å². The van der Waals surface area contributed by atoms with Gasteiger partial charge in [0.2, 0.25) is 0 Å². The van der Waals surface area contributed by atoms with Gasteiger partial charge < -0.3 is 29.3 Å². The standard InChI is InChI=1S/C41H40Cl2F3N3O7.C2HF3O2/c42-31-20-49(52)21-32(43)30(31)18-35(27-10-11-34(56-41(45)46)36(17-27)53-23-24-8-9-24)54-39(50)28-5-3-4-25(16-28)19-47-38(29-6-1-2-7-33(29)44)40(51)55-37-22-48-14-12-26(37)13-15-48;3-2(4,5)1(6)7/h1-7,10-11,16-17,20-21,24,26,35,37-38,41,47H,8-9,12-15,18-19,22-23H2;(H,6,7)/t35?,37-,38?;/m0./s1. The Morgan fingerprint density at radius 1 is 0.937 bits per heavy atom. The Kier molecular flexibility index (Phi) is 15.7. The van der Waals surface area contributed by atoms with Crippen LogP contribution in [-0.4, -0.2) is 73.0 Å². The summed E-state index contributed by atoms with van der Waals surface area (Å²) < 4.78 is 96.5. The van der Waals surface area contributed by atoms with Crippen molar-refractivity contribution in [1.82, 2.24) is 10.2 Å². The fourth-order valence-corrected chi connectivity index (χ4v) is 7.78. The number of rotatable bonds is 16. The van der Waals surface area contributed by atoms with Gasteiger partial charge in [0.15, 0.2) is 23.9 Å². The molecule has 4 fully saturated rings. The van der Waals surface area contributed by atoms with E-state index in [4.69, 9.17) is 52.1 Å². The molecular formula is C43H41Cl2F6N3O9. The molecule has 0 spiro atoms. The minimum absolute atomic E-state index is 0.0286. The number of carbonyl (C=O) groups is 3. The van der Waals surface area contributed by atoms with Crippen LogP contribution in [-0.2, 0) is 32.0 Å². The number of hydrogen-bond donors (Lipinski definition) is 2. The number of benzene rings is 3. The van der Waals surface area contributed by atoms with Gasteiger partial charge in [-0.05, 0) is 92.1 Å². The van der Waals surface area contributed by atoms with Gasteiger partial charge in [0.25, 0.3) is 0 Å². The summed E-state index contributed by atoms with van der Waals surface area (Å²) in [5.74, 6) is -4.22. The Morgan fingerprint density at radius 2 is 1.62 bits per heavy atom. The SMILES string of the molecule is O=C(O)C(F)(F)F.O=C(OC(Cc1c(Cl)c[n+]([O-])cc1Cl)c1ccc(OC(F)F)c(OCC2CC2)c1)c1cccc(CNC(C(=O)O[C@H]2CN3CCC2CC3)c2ccccc2F)c1. The highest BCUT2D eigenvalue weighted by atomic mass is 35.5. The predicted octanol–water partition coefficient (Wildman–Crippen LogP) is 8.40. The van der Waals surface area contributed by atoms with E-state index in [1.54, 1.807) is 36.4 Å². The minimum atomic E-state index is -5.08. The number of carbonyl (C=O) groups excluding carboxylic acids is 2. The van der Waals surface area contributed by atoms with Crippen molar-refractivity contribution in [3.8, 4) is 11.5 Å². The second-order valence-electron chi connectivity index (χ2n) is 15.2. The Hall–Kier alpha value is -5.30. The lowest BCUT2D eigenvalue weighted by atomic mass is 9.86. The van der Waals surface area contributed by atoms with Crippen molar-refractivity contribution in [2.45, 2.75) is 69.7 Å². The number of carboxylic acids is 1. The number of pyridine rings is 1. The second kappa shape index (κ2) is 20.9. The zero-order chi connectivity index (χ0) is 45.4. The molecule has 2 N–H and O–H groups in total. The van der Waals surface area contributed by atoms with Gasteiger partial charge in [-0.15, -0.1) is 0 Å². The van der Waals surface area contributed by atoms with Crippen LogP contribution in [0, 0.1) is 22.9 Å². The van der Waals surface area contributed by atoms with E-state index in [-0.39, 0.29) is 57.7 Å². The lowest BCUT2D eigenvalue weighted by Gasteiger charge is -2.44. The van der Waals surface area contributed by atoms with Crippen molar-refractivity contribution >= 4 is 41.1 Å². The number of fused-ring (bicyclic) bond motifs is 3. The molecule has 63 heavy (non-hydrogen) atoms. The molecule has 1 aromatic heterocycles. The normalized spacial score (nSPS) is 19.0. The van der Waals surface area contributed by atoms with E-state index in [9.17, 15) is 36.7 Å². The molecule has 12 nitrogen and oxygen atoms in total. The van der Waals surface area contributed by atoms with Crippen LogP contribution in [0.15, 0.2) is 79.1 Å². The molecule has 4 aromatic rings. The van der Waals surface area contributed by atoms with Gasteiger partial charge in [0, 0.05) is 30.6 Å². The van der Waals surface area contributed by atoms with E-state index in [1.807, 2.05) is 0 Å². The van der Waals surface area contributed by atoms with Gasteiger partial charge in [-0.1, -0.05) is 59.6 Å². The maximum atomic E-state index is 15.1. The van der Waals surface area contributed by atoms with E-state index in [2.05, 4.69) is 10.2 Å². The van der Waals surface area contributed by atoms with Crippen molar-refractivity contribution in [2.75, 3.05) is 26.2 Å². The fourth-order valence-electron chi connectivity index (χ4n) is 7.18. The first-order valence-electron chi connectivity index (χ1n) is 19.7. The van der Waals surface area contributed by atoms with Gasteiger partial charge in [0.05, 0.1) is 12.2 Å². The van der Waals surface area contributed by atoms with Gasteiger partial charge in [0.1, 0.15) is 34.1 Å². The van der Waals surface area contributed by atoms with Gasteiger partial charge >= 0.3 is 30.7 Å². The number of esters is 2. The molecule has 20 heteroatoms. The highest BCUT2D eigenvalue weighted by Gasteiger charge is 2.39.